The van der Waals surface area contributed by atoms with Crippen LogP contribution >= 0.6 is 23.2 Å². The van der Waals surface area contributed by atoms with Crippen molar-refractivity contribution in [3.05, 3.63) is 198 Å². The van der Waals surface area contributed by atoms with Gasteiger partial charge in [0.1, 0.15) is 0 Å². The van der Waals surface area contributed by atoms with Crippen LogP contribution < -0.4 is 21.5 Å². The molecule has 6 aromatic rings. The zero-order valence-electron chi connectivity index (χ0n) is 38.4. The number of rotatable bonds is 18. The summed E-state index contributed by atoms with van der Waals surface area (Å²) in [5.41, 5.74) is 15.1. The van der Waals surface area contributed by atoms with Gasteiger partial charge in [0, 0.05) is 34.3 Å². The molecule has 0 heterocycles. The number of nitrogens with zero attached hydrogens (tertiary/aromatic N) is 4. The van der Waals surface area contributed by atoms with Crippen LogP contribution in [0.15, 0.2) is 132 Å². The Bertz CT molecular complexity index is 2650. The van der Waals surface area contributed by atoms with Crippen molar-refractivity contribution in [1.29, 1.82) is 0 Å². The van der Waals surface area contributed by atoms with Crippen LogP contribution in [0.4, 0.5) is 11.4 Å². The normalized spacial score (nSPS) is 11.4. The summed E-state index contributed by atoms with van der Waals surface area (Å²) in [7, 11) is 4.07. The van der Waals surface area contributed by atoms with Crippen LogP contribution in [0.1, 0.15) is 92.4 Å². The van der Waals surface area contributed by atoms with Gasteiger partial charge in [-0.25, -0.2) is 10.9 Å². The minimum Gasteiger partial charge on any atom is -0.321 e. The number of aryl methyl sites for hydroxylation is 4. The highest BCUT2D eigenvalue weighted by Gasteiger charge is 2.18. The third-order valence-corrected chi connectivity index (χ3v) is 11.6. The maximum absolute atomic E-state index is 13.5. The van der Waals surface area contributed by atoms with E-state index in [0.717, 1.165) is 64.0 Å². The molecule has 0 aliphatic heterocycles. The lowest BCUT2D eigenvalue weighted by Crippen LogP contribution is -2.25. The maximum atomic E-state index is 13.5. The highest BCUT2D eigenvalue weighted by Crippen LogP contribution is 2.24. The molecule has 0 spiro atoms. The van der Waals surface area contributed by atoms with Crippen molar-refractivity contribution in [3.8, 4) is 0 Å². The summed E-state index contributed by atoms with van der Waals surface area (Å²) in [6.45, 7) is 10.9. The largest absolute Gasteiger partial charge is 0.321 e. The molecule has 12 nitrogen and oxygen atoms in total. The predicted octanol–water partition coefficient (Wildman–Crippen LogP) is 10.2. The molecule has 0 saturated heterocycles. The first-order valence-electron chi connectivity index (χ1n) is 21.7. The van der Waals surface area contributed by atoms with Crippen molar-refractivity contribution in [2.75, 3.05) is 37.8 Å². The fraction of sp³-hybridized carbons (Fsp3) is 0.208. The quantitative estimate of drug-likeness (QED) is 0.0498. The highest BCUT2D eigenvalue weighted by atomic mass is 35.5. The number of benzene rings is 6. The molecule has 0 radical (unpaired) electrons. The number of anilines is 2. The zero-order valence-corrected chi connectivity index (χ0v) is 39.9. The number of amides is 4. The van der Waals surface area contributed by atoms with Crippen molar-refractivity contribution in [2.45, 2.75) is 47.2 Å². The summed E-state index contributed by atoms with van der Waals surface area (Å²) < 4.78 is 0. The van der Waals surface area contributed by atoms with E-state index in [0.29, 0.717) is 45.6 Å². The van der Waals surface area contributed by atoms with Gasteiger partial charge in [0.05, 0.1) is 34.9 Å². The van der Waals surface area contributed by atoms with E-state index < -0.39 is 11.8 Å². The molecule has 0 atom stereocenters. The molecule has 6 rings (SSSR count). The number of carbonyl (C=O) groups is 4. The van der Waals surface area contributed by atoms with Gasteiger partial charge in [-0.15, -0.1) is 0 Å². The number of hydrogen-bond acceptors (Lipinski definition) is 8. The molecule has 344 valence electrons. The molecule has 14 heteroatoms. The minimum atomic E-state index is -0.515. The van der Waals surface area contributed by atoms with Crippen molar-refractivity contribution in [1.82, 2.24) is 20.7 Å². The number of nitrogens with one attached hydrogen (secondary N) is 4. The van der Waals surface area contributed by atoms with E-state index in [1.165, 1.54) is 12.1 Å². The number of hydrazone groups is 2. The Morgan fingerprint density at radius 1 is 0.507 bits per heavy atom. The third-order valence-electron chi connectivity index (χ3n) is 11.1. The summed E-state index contributed by atoms with van der Waals surface area (Å²) in [4.78, 5) is 57.6. The zero-order chi connectivity index (χ0) is 48.0. The molecule has 0 aliphatic carbocycles. The van der Waals surface area contributed by atoms with Crippen molar-refractivity contribution < 1.29 is 19.2 Å². The van der Waals surface area contributed by atoms with Crippen LogP contribution in [0.25, 0.3) is 0 Å². The van der Waals surface area contributed by atoms with Crippen LogP contribution in [0, 0.1) is 27.7 Å². The van der Waals surface area contributed by atoms with Crippen molar-refractivity contribution in [2.24, 2.45) is 10.2 Å². The molecule has 0 unspecified atom stereocenters. The SMILES string of the molecule is Cc1ccc(/C=N/NC(=O)c2cc(Cl)ccc2NC(=O)c2cccc(CN(C)CCCN(C)Cc3cccc(C(=O)Nc4ccc(Cl)cc4C(=O)N/N=C/c4ccc(C)c(C)c4)c3)c2)cc1C. The minimum absolute atomic E-state index is 0.180. The van der Waals surface area contributed by atoms with Gasteiger partial charge in [0.2, 0.25) is 0 Å². The summed E-state index contributed by atoms with van der Waals surface area (Å²) in [6.07, 6.45) is 4.00. The maximum Gasteiger partial charge on any atom is 0.273 e. The first kappa shape index (κ1) is 49.5. The van der Waals surface area contributed by atoms with Crippen LogP contribution in [-0.2, 0) is 13.1 Å². The van der Waals surface area contributed by atoms with Crippen LogP contribution in [-0.4, -0.2) is 73.0 Å². The smallest absolute Gasteiger partial charge is 0.273 e. The number of hydrogen-bond donors (Lipinski definition) is 4. The van der Waals surface area contributed by atoms with Gasteiger partial charge in [-0.05, 0) is 166 Å². The van der Waals surface area contributed by atoms with E-state index in [1.54, 1.807) is 48.8 Å². The van der Waals surface area contributed by atoms with E-state index in [1.807, 2.05) is 115 Å². The van der Waals surface area contributed by atoms with Gasteiger partial charge in [-0.1, -0.05) is 83.9 Å². The Balaban J connectivity index is 0.972. The Kier molecular flexibility index (Phi) is 17.3. The molecule has 0 aliphatic rings. The standard InChI is InChI=1S/C53H54Cl2N8O4/c1-34-14-16-38(24-36(34)3)30-56-60-52(66)46-28-44(54)18-20-48(46)58-50(64)42-12-7-10-40(26-42)32-62(5)22-9-23-63(6)33-41-11-8-13-43(27-41)51(65)59-49-21-19-45(55)29-47(49)53(67)61-57-31-39-17-15-35(2)37(4)25-39/h7-8,10-21,24-31H,9,22-23,32-33H2,1-6H3,(H,58,64)(H,59,65)(H,60,66)(H,61,67)/b56-30+,57-31+. The lowest BCUT2D eigenvalue weighted by Gasteiger charge is -2.21. The van der Waals surface area contributed by atoms with Crippen molar-refractivity contribution >= 4 is 70.6 Å². The van der Waals surface area contributed by atoms with Gasteiger partial charge in [0.15, 0.2) is 0 Å². The topological polar surface area (TPSA) is 148 Å². The van der Waals surface area contributed by atoms with E-state index in [-0.39, 0.29) is 22.9 Å². The van der Waals surface area contributed by atoms with Gasteiger partial charge in [0.25, 0.3) is 23.6 Å². The molecule has 6 aromatic carbocycles. The molecule has 4 N–H and O–H groups in total. The molecule has 0 bridgehead atoms. The third kappa shape index (κ3) is 14.5. The lowest BCUT2D eigenvalue weighted by atomic mass is 10.1. The molecule has 67 heavy (non-hydrogen) atoms. The van der Waals surface area contributed by atoms with Gasteiger partial charge in [-0.2, -0.15) is 10.2 Å². The molecular formula is C53H54Cl2N8O4. The van der Waals surface area contributed by atoms with Crippen molar-refractivity contribution in [3.63, 3.8) is 0 Å². The number of carbonyl (C=O) groups excluding carboxylic acids is 4. The molecule has 0 fully saturated rings. The van der Waals surface area contributed by atoms with Crippen LogP contribution in [0.2, 0.25) is 10.0 Å². The second-order valence-corrected chi connectivity index (χ2v) is 17.5. The molecular weight excluding hydrogens is 884 g/mol. The van der Waals surface area contributed by atoms with E-state index in [9.17, 15) is 19.2 Å². The van der Waals surface area contributed by atoms with Gasteiger partial charge < -0.3 is 20.4 Å². The average molecular weight is 938 g/mol. The monoisotopic (exact) mass is 936 g/mol. The first-order chi connectivity index (χ1) is 32.1. The van der Waals surface area contributed by atoms with Gasteiger partial charge >= 0.3 is 0 Å². The summed E-state index contributed by atoms with van der Waals surface area (Å²) in [5.74, 6) is -1.76. The highest BCUT2D eigenvalue weighted by molar-refractivity contribution is 6.31. The lowest BCUT2D eigenvalue weighted by molar-refractivity contribution is 0.0947. The second-order valence-electron chi connectivity index (χ2n) is 16.6. The van der Waals surface area contributed by atoms with E-state index in [4.69, 9.17) is 23.2 Å². The Morgan fingerprint density at radius 2 is 0.925 bits per heavy atom. The van der Waals surface area contributed by atoms with Crippen LogP contribution in [0.3, 0.4) is 0 Å². The van der Waals surface area contributed by atoms with E-state index in [2.05, 4.69) is 41.5 Å². The molecule has 4 amide bonds. The predicted molar refractivity (Wildman–Crippen MR) is 271 cm³/mol. The van der Waals surface area contributed by atoms with E-state index >= 15 is 0 Å². The Morgan fingerprint density at radius 3 is 1.33 bits per heavy atom. The van der Waals surface area contributed by atoms with Crippen LogP contribution in [0.5, 0.6) is 0 Å². The fourth-order valence-corrected chi connectivity index (χ4v) is 7.51. The molecule has 0 saturated carbocycles. The average Bonchev–Trinajstić information content (AvgIpc) is 3.30. The Labute approximate surface area is 402 Å². The second kappa shape index (κ2) is 23.5. The summed E-state index contributed by atoms with van der Waals surface area (Å²) >= 11 is 12.5. The fourth-order valence-electron chi connectivity index (χ4n) is 7.17. The Hall–Kier alpha value is -6.96. The number of halogens is 2. The van der Waals surface area contributed by atoms with Gasteiger partial charge in [-0.3, -0.25) is 19.2 Å². The summed E-state index contributed by atoms with van der Waals surface area (Å²) in [6, 6.07) is 35.9. The summed E-state index contributed by atoms with van der Waals surface area (Å²) in [5, 5.41) is 14.7. The molecule has 0 aromatic heterocycles. The first-order valence-corrected chi connectivity index (χ1v) is 22.5.